The normalized spacial score (nSPS) is 21.8. The van der Waals surface area contributed by atoms with E-state index < -0.39 is 0 Å². The molecule has 1 aliphatic heterocycles. The van der Waals surface area contributed by atoms with Gasteiger partial charge in [-0.1, -0.05) is 0 Å². The van der Waals surface area contributed by atoms with Crippen molar-refractivity contribution in [1.29, 1.82) is 0 Å². The molecule has 1 saturated heterocycles. The topological polar surface area (TPSA) is 49.0 Å². The average molecular weight is 281 g/mol. The summed E-state index contributed by atoms with van der Waals surface area (Å²) in [5, 5.41) is 3.22. The van der Waals surface area contributed by atoms with Crippen LogP contribution in [0.25, 0.3) is 0 Å². The van der Waals surface area contributed by atoms with Crippen LogP contribution in [0.2, 0.25) is 0 Å². The molecule has 1 aliphatic rings. The fourth-order valence-corrected chi connectivity index (χ4v) is 2.74. The van der Waals surface area contributed by atoms with Gasteiger partial charge in [0.25, 0.3) is 0 Å². The highest BCUT2D eigenvalue weighted by Crippen LogP contribution is 2.45. The summed E-state index contributed by atoms with van der Waals surface area (Å²) in [6.07, 6.45) is 1.02. The van der Waals surface area contributed by atoms with Crippen molar-refractivity contribution in [3.8, 4) is 17.2 Å². The van der Waals surface area contributed by atoms with E-state index in [2.05, 4.69) is 5.32 Å². The Morgan fingerprint density at radius 1 is 1.15 bits per heavy atom. The molecular weight excluding hydrogens is 258 g/mol. The zero-order valence-electron chi connectivity index (χ0n) is 12.6. The summed E-state index contributed by atoms with van der Waals surface area (Å²) >= 11 is 0. The molecule has 20 heavy (non-hydrogen) atoms. The molecule has 5 nitrogen and oxygen atoms in total. The largest absolute Gasteiger partial charge is 0.496 e. The Hall–Kier alpha value is -1.46. The molecule has 5 heteroatoms. The Bertz CT molecular complexity index is 424. The van der Waals surface area contributed by atoms with Gasteiger partial charge < -0.3 is 24.3 Å². The molecule has 0 aliphatic carbocycles. The smallest absolute Gasteiger partial charge is 0.132 e. The predicted octanol–water partition coefficient (Wildman–Crippen LogP) is 2.01. The van der Waals surface area contributed by atoms with Gasteiger partial charge in [0.2, 0.25) is 0 Å². The molecule has 0 radical (unpaired) electrons. The lowest BCUT2D eigenvalue weighted by Crippen LogP contribution is -2.22. The lowest BCUT2D eigenvalue weighted by atomic mass is 9.93. The SMILES string of the molecule is CNCC1CCOC1c1c(OC)cc(OC)cc1OC. The lowest BCUT2D eigenvalue weighted by molar-refractivity contribution is 0.0862. The number of methoxy groups -OCH3 is 3. The van der Waals surface area contributed by atoms with Crippen molar-refractivity contribution in [2.24, 2.45) is 5.92 Å². The van der Waals surface area contributed by atoms with Crippen molar-refractivity contribution < 1.29 is 18.9 Å². The second-order valence-corrected chi connectivity index (χ2v) is 4.84. The van der Waals surface area contributed by atoms with E-state index in [1.54, 1.807) is 21.3 Å². The first-order valence-corrected chi connectivity index (χ1v) is 6.81. The van der Waals surface area contributed by atoms with Gasteiger partial charge in [0.05, 0.1) is 33.0 Å². The number of ether oxygens (including phenoxy) is 4. The molecule has 1 heterocycles. The first kappa shape index (κ1) is 14.9. The number of nitrogens with one attached hydrogen (secondary N) is 1. The summed E-state index contributed by atoms with van der Waals surface area (Å²) in [6.45, 7) is 1.67. The van der Waals surface area contributed by atoms with Gasteiger partial charge in [0, 0.05) is 31.2 Å². The third kappa shape index (κ3) is 2.83. The monoisotopic (exact) mass is 281 g/mol. The van der Waals surface area contributed by atoms with Crippen LogP contribution in [0.4, 0.5) is 0 Å². The van der Waals surface area contributed by atoms with Crippen LogP contribution in [-0.2, 0) is 4.74 Å². The van der Waals surface area contributed by atoms with Crippen molar-refractivity contribution in [3.63, 3.8) is 0 Å². The Kier molecular flexibility index (Phi) is 5.09. The molecule has 1 aromatic carbocycles. The van der Waals surface area contributed by atoms with Gasteiger partial charge >= 0.3 is 0 Å². The molecule has 0 amide bonds. The summed E-state index contributed by atoms with van der Waals surface area (Å²) in [5.74, 6) is 2.62. The Labute approximate surface area is 120 Å². The highest BCUT2D eigenvalue weighted by atomic mass is 16.5. The van der Waals surface area contributed by atoms with Crippen LogP contribution in [0.5, 0.6) is 17.2 Å². The Morgan fingerprint density at radius 3 is 2.30 bits per heavy atom. The molecule has 112 valence electrons. The third-order valence-electron chi connectivity index (χ3n) is 3.72. The first-order valence-electron chi connectivity index (χ1n) is 6.81. The number of rotatable bonds is 6. The second-order valence-electron chi connectivity index (χ2n) is 4.84. The van der Waals surface area contributed by atoms with Crippen molar-refractivity contribution >= 4 is 0 Å². The zero-order valence-corrected chi connectivity index (χ0v) is 12.6. The van der Waals surface area contributed by atoms with E-state index in [0.717, 1.165) is 36.6 Å². The van der Waals surface area contributed by atoms with E-state index in [4.69, 9.17) is 18.9 Å². The molecule has 1 fully saturated rings. The third-order valence-corrected chi connectivity index (χ3v) is 3.72. The fraction of sp³-hybridized carbons (Fsp3) is 0.600. The summed E-state index contributed by atoms with van der Waals surface area (Å²) < 4.78 is 22.2. The molecule has 2 unspecified atom stereocenters. The standard InChI is InChI=1S/C15H23NO4/c1-16-9-10-5-6-20-15(10)14-12(18-3)7-11(17-2)8-13(14)19-4/h7-8,10,15-16H,5-6,9H2,1-4H3. The quantitative estimate of drug-likeness (QED) is 0.864. The van der Waals surface area contributed by atoms with Crippen LogP contribution in [0.1, 0.15) is 18.1 Å². The van der Waals surface area contributed by atoms with E-state index >= 15 is 0 Å². The van der Waals surface area contributed by atoms with Crippen molar-refractivity contribution in [2.45, 2.75) is 12.5 Å². The highest BCUT2D eigenvalue weighted by molar-refractivity contribution is 5.52. The van der Waals surface area contributed by atoms with Crippen LogP contribution < -0.4 is 19.5 Å². The van der Waals surface area contributed by atoms with Gasteiger partial charge in [0.1, 0.15) is 17.2 Å². The maximum absolute atomic E-state index is 5.92. The second kappa shape index (κ2) is 6.81. The first-order chi connectivity index (χ1) is 9.74. The van der Waals surface area contributed by atoms with E-state index in [0.29, 0.717) is 11.7 Å². The maximum atomic E-state index is 5.92. The summed E-state index contributed by atoms with van der Waals surface area (Å²) in [5.41, 5.74) is 0.966. The van der Waals surface area contributed by atoms with Gasteiger partial charge in [-0.25, -0.2) is 0 Å². The molecule has 2 atom stereocenters. The molecule has 0 bridgehead atoms. The van der Waals surface area contributed by atoms with Crippen LogP contribution in [0, 0.1) is 5.92 Å². The van der Waals surface area contributed by atoms with Gasteiger partial charge in [-0.2, -0.15) is 0 Å². The van der Waals surface area contributed by atoms with Crippen LogP contribution in [-0.4, -0.2) is 41.5 Å². The minimum Gasteiger partial charge on any atom is -0.496 e. The lowest BCUT2D eigenvalue weighted by Gasteiger charge is -2.23. The minimum atomic E-state index is -0.0155. The number of hydrogen-bond acceptors (Lipinski definition) is 5. The van der Waals surface area contributed by atoms with E-state index in [1.807, 2.05) is 19.2 Å². The predicted molar refractivity (Wildman–Crippen MR) is 76.8 cm³/mol. The van der Waals surface area contributed by atoms with Gasteiger partial charge in [-0.05, 0) is 13.5 Å². The van der Waals surface area contributed by atoms with Crippen LogP contribution in [0.15, 0.2) is 12.1 Å². The fourth-order valence-electron chi connectivity index (χ4n) is 2.74. The summed E-state index contributed by atoms with van der Waals surface area (Å²) in [4.78, 5) is 0. The highest BCUT2D eigenvalue weighted by Gasteiger charge is 2.34. The zero-order chi connectivity index (χ0) is 14.5. The van der Waals surface area contributed by atoms with E-state index in [1.165, 1.54) is 0 Å². The van der Waals surface area contributed by atoms with Crippen molar-refractivity contribution in [3.05, 3.63) is 17.7 Å². The van der Waals surface area contributed by atoms with Crippen molar-refractivity contribution in [2.75, 3.05) is 41.5 Å². The summed E-state index contributed by atoms with van der Waals surface area (Å²) in [7, 11) is 6.89. The molecule has 1 aromatic rings. The van der Waals surface area contributed by atoms with Crippen LogP contribution >= 0.6 is 0 Å². The minimum absolute atomic E-state index is 0.0155. The Balaban J connectivity index is 2.42. The molecule has 2 rings (SSSR count). The summed E-state index contributed by atoms with van der Waals surface area (Å²) in [6, 6.07) is 3.74. The van der Waals surface area contributed by atoms with Crippen molar-refractivity contribution in [1.82, 2.24) is 5.32 Å². The van der Waals surface area contributed by atoms with Crippen LogP contribution in [0.3, 0.4) is 0 Å². The molecule has 0 spiro atoms. The van der Waals surface area contributed by atoms with Gasteiger partial charge in [0.15, 0.2) is 0 Å². The average Bonchev–Trinajstić information content (AvgIpc) is 2.93. The Morgan fingerprint density at radius 2 is 1.80 bits per heavy atom. The molecule has 0 saturated carbocycles. The van der Waals surface area contributed by atoms with Gasteiger partial charge in [-0.3, -0.25) is 0 Å². The number of benzene rings is 1. The number of hydrogen-bond donors (Lipinski definition) is 1. The molecule has 0 aromatic heterocycles. The van der Waals surface area contributed by atoms with E-state index in [9.17, 15) is 0 Å². The molecule has 1 N–H and O–H groups in total. The molecular formula is C15H23NO4. The van der Waals surface area contributed by atoms with E-state index in [-0.39, 0.29) is 6.10 Å². The maximum Gasteiger partial charge on any atom is 0.132 e. The van der Waals surface area contributed by atoms with Gasteiger partial charge in [-0.15, -0.1) is 0 Å².